The zero-order valence-corrected chi connectivity index (χ0v) is 22.1. The lowest BCUT2D eigenvalue weighted by molar-refractivity contribution is -0.105. The number of carbonyl (C=O) groups is 2. The van der Waals surface area contributed by atoms with Crippen molar-refractivity contribution in [2.75, 3.05) is 5.32 Å². The van der Waals surface area contributed by atoms with Crippen LogP contribution in [0.15, 0.2) is 48.9 Å². The van der Waals surface area contributed by atoms with Gasteiger partial charge in [0.1, 0.15) is 17.3 Å². The summed E-state index contributed by atoms with van der Waals surface area (Å²) in [6, 6.07) is 7.99. The smallest absolute Gasteiger partial charge is 0.251 e. The molecule has 4 rings (SSSR count). The standard InChI is InChI=1S/C19H16ClFN2O2.C8H13N3O/c1-3-11-6-10(2)18(14(20)7-11)25-17-4-5-23-16-9-15(21)12(19(22)24)8-13(16)17;1-8(2,3)11-5-7(4-10-11)9-6-12/h4-9H,3H2,1-2H3,(H2,22,24);4-6H,1-3H3,(H,9,12). The van der Waals surface area contributed by atoms with Gasteiger partial charge in [0, 0.05) is 23.8 Å². The number of halogens is 2. The van der Waals surface area contributed by atoms with E-state index >= 15 is 0 Å². The van der Waals surface area contributed by atoms with E-state index in [1.165, 1.54) is 12.3 Å². The first-order valence-corrected chi connectivity index (χ1v) is 11.9. The van der Waals surface area contributed by atoms with Crippen molar-refractivity contribution in [1.82, 2.24) is 14.8 Å². The third kappa shape index (κ3) is 6.62. The normalized spacial score (nSPS) is 11.0. The van der Waals surface area contributed by atoms with Gasteiger partial charge in [-0.25, -0.2) is 4.39 Å². The monoisotopic (exact) mass is 525 g/mol. The Labute approximate surface area is 219 Å². The average molecular weight is 526 g/mol. The zero-order valence-electron chi connectivity index (χ0n) is 21.3. The van der Waals surface area contributed by atoms with Crippen LogP contribution >= 0.6 is 11.6 Å². The number of pyridine rings is 1. The van der Waals surface area contributed by atoms with E-state index in [1.807, 2.05) is 46.8 Å². The Morgan fingerprint density at radius 1 is 1.27 bits per heavy atom. The van der Waals surface area contributed by atoms with Gasteiger partial charge < -0.3 is 15.8 Å². The number of hydrogen-bond acceptors (Lipinski definition) is 5. The highest BCUT2D eigenvalue weighted by molar-refractivity contribution is 6.32. The second-order valence-electron chi connectivity index (χ2n) is 9.31. The number of primary amides is 1. The van der Waals surface area contributed by atoms with Gasteiger partial charge in [0.15, 0.2) is 0 Å². The molecule has 37 heavy (non-hydrogen) atoms. The molecule has 0 aliphatic heterocycles. The molecule has 0 fully saturated rings. The fourth-order valence-electron chi connectivity index (χ4n) is 3.50. The Morgan fingerprint density at radius 2 is 2.00 bits per heavy atom. The highest BCUT2D eigenvalue weighted by Crippen LogP contribution is 2.37. The SMILES string of the molecule is CC(C)(C)n1cc(NC=O)cn1.CCc1cc(C)c(Oc2ccnc3cc(F)c(C(N)=O)cc23)c(Cl)c1. The van der Waals surface area contributed by atoms with E-state index in [9.17, 15) is 14.0 Å². The quantitative estimate of drug-likeness (QED) is 0.300. The van der Waals surface area contributed by atoms with Crippen molar-refractivity contribution in [2.24, 2.45) is 5.73 Å². The predicted octanol–water partition coefficient (Wildman–Crippen LogP) is 6.00. The van der Waals surface area contributed by atoms with Gasteiger partial charge in [-0.05, 0) is 63.4 Å². The van der Waals surface area contributed by atoms with Gasteiger partial charge in [-0.1, -0.05) is 24.6 Å². The third-order valence-electron chi connectivity index (χ3n) is 5.46. The summed E-state index contributed by atoms with van der Waals surface area (Å²) in [6.07, 6.45) is 6.43. The van der Waals surface area contributed by atoms with Gasteiger partial charge in [0.25, 0.3) is 5.91 Å². The van der Waals surface area contributed by atoms with Crippen molar-refractivity contribution >= 4 is 40.5 Å². The second kappa shape index (κ2) is 11.4. The van der Waals surface area contributed by atoms with E-state index in [0.29, 0.717) is 33.8 Å². The van der Waals surface area contributed by atoms with Crippen LogP contribution in [0, 0.1) is 12.7 Å². The molecule has 0 unspecified atom stereocenters. The Morgan fingerprint density at radius 3 is 2.57 bits per heavy atom. The maximum atomic E-state index is 13.9. The third-order valence-corrected chi connectivity index (χ3v) is 5.74. The molecule has 8 nitrogen and oxygen atoms in total. The van der Waals surface area contributed by atoms with Crippen LogP contribution in [0.25, 0.3) is 10.9 Å². The Kier molecular flexibility index (Phi) is 8.49. The number of aromatic nitrogens is 3. The topological polar surface area (TPSA) is 112 Å². The molecule has 0 aliphatic carbocycles. The molecule has 0 atom stereocenters. The molecule has 0 radical (unpaired) electrons. The summed E-state index contributed by atoms with van der Waals surface area (Å²) in [6.45, 7) is 10.1. The molecule has 2 heterocycles. The second-order valence-corrected chi connectivity index (χ2v) is 9.72. The summed E-state index contributed by atoms with van der Waals surface area (Å²) in [5, 5.41) is 7.60. The molecule has 0 saturated carbocycles. The minimum atomic E-state index is -0.851. The van der Waals surface area contributed by atoms with Crippen LogP contribution in [0.1, 0.15) is 49.2 Å². The minimum Gasteiger partial charge on any atom is -0.455 e. The molecule has 10 heteroatoms. The van der Waals surface area contributed by atoms with Crippen molar-refractivity contribution in [1.29, 1.82) is 0 Å². The summed E-state index contributed by atoms with van der Waals surface area (Å²) < 4.78 is 21.7. The van der Waals surface area contributed by atoms with Crippen LogP contribution in [-0.2, 0) is 16.8 Å². The number of amides is 2. The Bertz CT molecular complexity index is 1420. The lowest BCUT2D eigenvalue weighted by atomic mass is 10.1. The number of nitrogens with two attached hydrogens (primary N) is 1. The number of carbonyl (C=O) groups excluding carboxylic acids is 2. The molecule has 4 aromatic rings. The van der Waals surface area contributed by atoms with E-state index in [4.69, 9.17) is 22.1 Å². The van der Waals surface area contributed by atoms with Crippen LogP contribution in [0.2, 0.25) is 5.02 Å². The van der Waals surface area contributed by atoms with Crippen LogP contribution in [-0.4, -0.2) is 27.1 Å². The van der Waals surface area contributed by atoms with Gasteiger partial charge in [0.2, 0.25) is 6.41 Å². The molecule has 3 N–H and O–H groups in total. The maximum absolute atomic E-state index is 13.9. The molecule has 2 amide bonds. The number of rotatable bonds is 6. The van der Waals surface area contributed by atoms with E-state index in [-0.39, 0.29) is 11.1 Å². The molecular formula is C27H29ClFN5O3. The number of nitrogens with zero attached hydrogens (tertiary/aromatic N) is 3. The van der Waals surface area contributed by atoms with Gasteiger partial charge in [-0.3, -0.25) is 19.3 Å². The van der Waals surface area contributed by atoms with Crippen molar-refractivity contribution < 1.29 is 18.7 Å². The Hall–Kier alpha value is -3.98. The van der Waals surface area contributed by atoms with Crippen LogP contribution in [0.5, 0.6) is 11.5 Å². The fourth-order valence-corrected chi connectivity index (χ4v) is 3.83. The zero-order chi connectivity index (χ0) is 27.3. The van der Waals surface area contributed by atoms with Crippen LogP contribution < -0.4 is 15.8 Å². The van der Waals surface area contributed by atoms with Crippen molar-refractivity contribution in [3.8, 4) is 11.5 Å². The van der Waals surface area contributed by atoms with E-state index in [1.54, 1.807) is 23.1 Å². The highest BCUT2D eigenvalue weighted by atomic mass is 35.5. The first kappa shape index (κ1) is 27.6. The molecule has 2 aromatic heterocycles. The highest BCUT2D eigenvalue weighted by Gasteiger charge is 2.16. The number of hydrogen-bond donors (Lipinski definition) is 2. The van der Waals surface area contributed by atoms with Crippen molar-refractivity contribution in [3.63, 3.8) is 0 Å². The number of aryl methyl sites for hydroxylation is 2. The summed E-state index contributed by atoms with van der Waals surface area (Å²) in [4.78, 5) is 25.6. The van der Waals surface area contributed by atoms with Crippen molar-refractivity contribution in [2.45, 2.75) is 46.6 Å². The molecular weight excluding hydrogens is 497 g/mol. The number of ether oxygens (including phenoxy) is 1. The summed E-state index contributed by atoms with van der Waals surface area (Å²) in [7, 11) is 0. The largest absolute Gasteiger partial charge is 0.455 e. The van der Waals surface area contributed by atoms with Crippen LogP contribution in [0.3, 0.4) is 0 Å². The van der Waals surface area contributed by atoms with Gasteiger partial charge in [0.05, 0.1) is 33.5 Å². The number of nitrogens with one attached hydrogen (secondary N) is 1. The molecule has 0 bridgehead atoms. The first-order valence-electron chi connectivity index (χ1n) is 11.5. The lowest BCUT2D eigenvalue weighted by Crippen LogP contribution is -2.21. The predicted molar refractivity (Wildman–Crippen MR) is 143 cm³/mol. The maximum Gasteiger partial charge on any atom is 0.251 e. The van der Waals surface area contributed by atoms with E-state index < -0.39 is 11.7 Å². The van der Waals surface area contributed by atoms with Crippen LogP contribution in [0.4, 0.5) is 10.1 Å². The minimum absolute atomic E-state index is 0.0389. The summed E-state index contributed by atoms with van der Waals surface area (Å²) in [5.41, 5.74) is 8.04. The number of fused-ring (bicyclic) bond motifs is 1. The summed E-state index contributed by atoms with van der Waals surface area (Å²) >= 11 is 6.35. The summed E-state index contributed by atoms with van der Waals surface area (Å²) in [5.74, 6) is -0.639. The lowest BCUT2D eigenvalue weighted by Gasteiger charge is -2.18. The van der Waals surface area contributed by atoms with Gasteiger partial charge in [-0.15, -0.1) is 0 Å². The molecule has 0 aliphatic rings. The molecule has 194 valence electrons. The molecule has 2 aromatic carbocycles. The molecule has 0 spiro atoms. The fraction of sp³-hybridized carbons (Fsp3) is 0.259. The average Bonchev–Trinajstić information content (AvgIpc) is 3.30. The number of benzene rings is 2. The van der Waals surface area contributed by atoms with E-state index in [0.717, 1.165) is 29.3 Å². The van der Waals surface area contributed by atoms with E-state index in [2.05, 4.69) is 15.4 Å². The Balaban J connectivity index is 0.000000266. The van der Waals surface area contributed by atoms with Crippen molar-refractivity contribution in [3.05, 3.63) is 76.5 Å². The van der Waals surface area contributed by atoms with Gasteiger partial charge >= 0.3 is 0 Å². The first-order chi connectivity index (χ1) is 17.4. The molecule has 0 saturated heterocycles. The number of anilines is 1. The van der Waals surface area contributed by atoms with Gasteiger partial charge in [-0.2, -0.15) is 5.10 Å².